The maximum absolute atomic E-state index is 12.3. The highest BCUT2D eigenvalue weighted by molar-refractivity contribution is 7.98. The van der Waals surface area contributed by atoms with Gasteiger partial charge in [-0.2, -0.15) is 0 Å². The number of rotatable bonds is 3. The molecule has 1 amide bonds. The molecule has 0 saturated carbocycles. The zero-order valence-electron chi connectivity index (χ0n) is 12.9. The van der Waals surface area contributed by atoms with Crippen LogP contribution in [0.5, 0.6) is 0 Å². The summed E-state index contributed by atoms with van der Waals surface area (Å²) in [6.45, 7) is 0.397. The summed E-state index contributed by atoms with van der Waals surface area (Å²) < 4.78 is 0. The molecule has 1 aliphatic rings. The maximum Gasteiger partial charge on any atom is 0.234 e. The monoisotopic (exact) mass is 312 g/mol. The average molecular weight is 312 g/mol. The number of carbonyl (C=O) groups is 1. The highest BCUT2D eigenvalue weighted by Crippen LogP contribution is 2.39. The summed E-state index contributed by atoms with van der Waals surface area (Å²) in [5.41, 5.74) is 3.68. The molecule has 4 heteroatoms. The van der Waals surface area contributed by atoms with E-state index < -0.39 is 0 Å². The lowest BCUT2D eigenvalue weighted by atomic mass is 9.95. The number of nitrogens with zero attached hydrogens (tertiary/aromatic N) is 1. The van der Waals surface area contributed by atoms with E-state index in [-0.39, 0.29) is 11.9 Å². The minimum Gasteiger partial charge on any atom is -0.344 e. The van der Waals surface area contributed by atoms with Gasteiger partial charge >= 0.3 is 0 Å². The number of amides is 1. The average Bonchev–Trinajstić information content (AvgIpc) is 2.65. The number of fused-ring (bicyclic) bond motifs is 2. The van der Waals surface area contributed by atoms with Crippen LogP contribution in [-0.4, -0.2) is 31.4 Å². The Morgan fingerprint density at radius 1 is 1.14 bits per heavy atom. The Labute approximate surface area is 135 Å². The van der Waals surface area contributed by atoms with Crippen LogP contribution in [-0.2, 0) is 10.5 Å². The molecule has 0 bridgehead atoms. The van der Waals surface area contributed by atoms with Crippen LogP contribution in [0.2, 0.25) is 0 Å². The Morgan fingerprint density at radius 3 is 2.59 bits per heavy atom. The smallest absolute Gasteiger partial charge is 0.234 e. The fourth-order valence-electron chi connectivity index (χ4n) is 2.77. The Hall–Kier alpha value is -1.78. The number of likely N-dealkylation sites (N-methyl/N-ethyl adjacent to an activating group) is 1. The van der Waals surface area contributed by atoms with Crippen molar-refractivity contribution in [3.05, 3.63) is 65.2 Å². The van der Waals surface area contributed by atoms with Gasteiger partial charge in [-0.05, 0) is 36.9 Å². The molecule has 0 radical (unpaired) electrons. The molecule has 0 fully saturated rings. The number of benzene rings is 2. The molecule has 22 heavy (non-hydrogen) atoms. The summed E-state index contributed by atoms with van der Waals surface area (Å²) in [7, 11) is 3.81. The van der Waals surface area contributed by atoms with Crippen LogP contribution in [0.25, 0.3) is 0 Å². The van der Waals surface area contributed by atoms with Gasteiger partial charge in [-0.15, -0.1) is 11.8 Å². The summed E-state index contributed by atoms with van der Waals surface area (Å²) in [4.78, 5) is 15.4. The van der Waals surface area contributed by atoms with Gasteiger partial charge in [0.1, 0.15) is 0 Å². The first-order chi connectivity index (χ1) is 10.6. The van der Waals surface area contributed by atoms with Crippen molar-refractivity contribution in [2.45, 2.75) is 16.7 Å². The van der Waals surface area contributed by atoms with Crippen LogP contribution in [0.4, 0.5) is 0 Å². The third-order valence-corrected chi connectivity index (χ3v) is 4.88. The number of hydrogen-bond acceptors (Lipinski definition) is 3. The Kier molecular flexibility index (Phi) is 4.50. The van der Waals surface area contributed by atoms with E-state index in [2.05, 4.69) is 41.7 Å². The molecule has 0 spiro atoms. The van der Waals surface area contributed by atoms with Crippen LogP contribution in [0.1, 0.15) is 22.7 Å². The van der Waals surface area contributed by atoms with E-state index in [4.69, 9.17) is 0 Å². The van der Waals surface area contributed by atoms with Crippen molar-refractivity contribution in [1.29, 1.82) is 0 Å². The Morgan fingerprint density at radius 2 is 1.82 bits per heavy atom. The number of hydrogen-bond donors (Lipinski definition) is 1. The molecule has 114 valence electrons. The van der Waals surface area contributed by atoms with Crippen molar-refractivity contribution in [2.75, 3.05) is 20.6 Å². The van der Waals surface area contributed by atoms with Crippen molar-refractivity contribution in [3.8, 4) is 0 Å². The van der Waals surface area contributed by atoms with Gasteiger partial charge in [0.2, 0.25) is 5.91 Å². The first-order valence-corrected chi connectivity index (χ1v) is 8.37. The first kappa shape index (κ1) is 15.1. The van der Waals surface area contributed by atoms with Gasteiger partial charge in [0, 0.05) is 10.6 Å². The van der Waals surface area contributed by atoms with Gasteiger partial charge in [0.05, 0.1) is 12.6 Å². The second kappa shape index (κ2) is 6.55. The first-order valence-electron chi connectivity index (χ1n) is 7.39. The van der Waals surface area contributed by atoms with Crippen LogP contribution < -0.4 is 5.32 Å². The molecule has 0 aromatic heterocycles. The van der Waals surface area contributed by atoms with Gasteiger partial charge in [-0.3, -0.25) is 4.79 Å². The van der Waals surface area contributed by atoms with Gasteiger partial charge in [-0.25, -0.2) is 0 Å². The lowest BCUT2D eigenvalue weighted by molar-refractivity contribution is -0.122. The van der Waals surface area contributed by atoms with Crippen molar-refractivity contribution in [1.82, 2.24) is 10.2 Å². The third kappa shape index (κ3) is 3.18. The molecule has 1 heterocycles. The summed E-state index contributed by atoms with van der Waals surface area (Å²) >= 11 is 1.84. The third-order valence-electron chi connectivity index (χ3n) is 3.74. The molecule has 0 aliphatic carbocycles. The highest BCUT2D eigenvalue weighted by atomic mass is 32.2. The lowest BCUT2D eigenvalue weighted by Gasteiger charge is -2.22. The molecule has 3 nitrogen and oxygen atoms in total. The largest absolute Gasteiger partial charge is 0.344 e. The molecule has 2 aromatic carbocycles. The normalized spacial score (nSPS) is 16.6. The van der Waals surface area contributed by atoms with E-state index in [0.29, 0.717) is 6.54 Å². The van der Waals surface area contributed by atoms with E-state index in [1.807, 2.05) is 42.9 Å². The van der Waals surface area contributed by atoms with Crippen molar-refractivity contribution >= 4 is 17.7 Å². The topological polar surface area (TPSA) is 32.3 Å². The molecular weight excluding hydrogens is 292 g/mol. The predicted molar refractivity (Wildman–Crippen MR) is 91.0 cm³/mol. The summed E-state index contributed by atoms with van der Waals surface area (Å²) in [6, 6.07) is 16.7. The Balaban J connectivity index is 2.00. The molecule has 1 aliphatic heterocycles. The summed E-state index contributed by atoms with van der Waals surface area (Å²) in [5.74, 6) is 0.985. The molecular formula is C18H20N2OS. The molecule has 1 N–H and O–H groups in total. The van der Waals surface area contributed by atoms with E-state index in [1.165, 1.54) is 21.6 Å². The number of nitrogens with one attached hydrogen (secondary N) is 1. The molecule has 1 atom stereocenters. The van der Waals surface area contributed by atoms with Crippen molar-refractivity contribution < 1.29 is 4.79 Å². The van der Waals surface area contributed by atoms with Crippen LogP contribution >= 0.6 is 11.8 Å². The zero-order chi connectivity index (χ0) is 15.5. The van der Waals surface area contributed by atoms with Crippen LogP contribution in [0.15, 0.2) is 53.4 Å². The van der Waals surface area contributed by atoms with Crippen LogP contribution in [0.3, 0.4) is 0 Å². The number of thioether (sulfide) groups is 1. The van der Waals surface area contributed by atoms with Crippen LogP contribution in [0, 0.1) is 0 Å². The maximum atomic E-state index is 12.3. The quantitative estimate of drug-likeness (QED) is 0.945. The standard InChI is InChI=1S/C18H20N2OS/c1-20(2)11-17(21)19-18-14-8-4-3-7-13(14)12-22-16-10-6-5-9-15(16)18/h3-10,18H,11-12H2,1-2H3,(H,19,21). The summed E-state index contributed by atoms with van der Waals surface area (Å²) in [5, 5.41) is 3.21. The number of carbonyl (C=O) groups excluding carboxylic acids is 1. The van der Waals surface area contributed by atoms with E-state index in [9.17, 15) is 4.79 Å². The zero-order valence-corrected chi connectivity index (χ0v) is 13.7. The van der Waals surface area contributed by atoms with Gasteiger partial charge in [0.25, 0.3) is 0 Å². The van der Waals surface area contributed by atoms with Gasteiger partial charge < -0.3 is 10.2 Å². The fraction of sp³-hybridized carbons (Fsp3) is 0.278. The Bertz CT molecular complexity index is 637. The van der Waals surface area contributed by atoms with Crippen molar-refractivity contribution in [2.24, 2.45) is 0 Å². The van der Waals surface area contributed by atoms with E-state index >= 15 is 0 Å². The van der Waals surface area contributed by atoms with Gasteiger partial charge in [-0.1, -0.05) is 42.5 Å². The highest BCUT2D eigenvalue weighted by Gasteiger charge is 2.25. The second-order valence-electron chi connectivity index (χ2n) is 5.76. The molecule has 1 unspecified atom stereocenters. The lowest BCUT2D eigenvalue weighted by Crippen LogP contribution is -2.36. The molecule has 0 saturated heterocycles. The predicted octanol–water partition coefficient (Wildman–Crippen LogP) is 3.06. The fourth-order valence-corrected chi connectivity index (χ4v) is 3.87. The molecule has 2 aromatic rings. The molecule has 3 rings (SSSR count). The SMILES string of the molecule is CN(C)CC(=O)NC1c2ccccc2CSc2ccccc21. The van der Waals surface area contributed by atoms with Crippen molar-refractivity contribution in [3.63, 3.8) is 0 Å². The minimum atomic E-state index is -0.0742. The minimum absolute atomic E-state index is 0.0477. The van der Waals surface area contributed by atoms with Gasteiger partial charge in [0.15, 0.2) is 0 Å². The van der Waals surface area contributed by atoms with E-state index in [1.54, 1.807) is 0 Å². The van der Waals surface area contributed by atoms with E-state index in [0.717, 1.165) is 5.75 Å². The summed E-state index contributed by atoms with van der Waals surface area (Å²) in [6.07, 6.45) is 0. The second-order valence-corrected chi connectivity index (χ2v) is 6.78.